The molecule has 2 aromatic carbocycles. The summed E-state index contributed by atoms with van der Waals surface area (Å²) in [4.78, 5) is 32.9. The van der Waals surface area contributed by atoms with Crippen molar-refractivity contribution in [3.63, 3.8) is 0 Å². The summed E-state index contributed by atoms with van der Waals surface area (Å²) in [6.45, 7) is 0.445. The molecule has 0 bridgehead atoms. The number of hydrogen-bond acceptors (Lipinski definition) is 5. The Bertz CT molecular complexity index is 1170. The first-order chi connectivity index (χ1) is 14.1. The third kappa shape index (κ3) is 4.47. The lowest BCUT2D eigenvalue weighted by molar-refractivity contribution is 0.0696. The third-order valence-corrected chi connectivity index (χ3v) is 5.38. The number of fused-ring (bicyclic) bond motifs is 1. The number of benzene rings is 2. The van der Waals surface area contributed by atoms with E-state index in [1.165, 1.54) is 11.3 Å². The number of rotatable bonds is 6. The number of carbonyl (C=O) groups is 2. The molecule has 0 aliphatic carbocycles. The second-order valence-electron chi connectivity index (χ2n) is 6.53. The molecule has 0 saturated heterocycles. The standard InChI is InChI=1S/C22H17N3O3S/c26-19(23-12-15-4-2-1-3-5-15)21-25-18-11-16(13-24-20(18)29-21)10-14-6-8-17(9-7-14)22(27)28/h1-9,11,13H,10,12H2,(H,23,26)(H,27,28). The second-order valence-corrected chi connectivity index (χ2v) is 7.51. The van der Waals surface area contributed by atoms with E-state index < -0.39 is 5.97 Å². The van der Waals surface area contributed by atoms with Crippen LogP contribution >= 0.6 is 11.3 Å². The number of hydrogen-bond donors (Lipinski definition) is 2. The maximum absolute atomic E-state index is 12.4. The SMILES string of the molecule is O=C(O)c1ccc(Cc2cnc3sc(C(=O)NCc4ccccc4)nc3c2)cc1. The van der Waals surface area contributed by atoms with Crippen LogP contribution in [-0.2, 0) is 13.0 Å². The fraction of sp³-hybridized carbons (Fsp3) is 0.0909. The van der Waals surface area contributed by atoms with Crippen LogP contribution in [0.3, 0.4) is 0 Å². The number of aromatic carboxylic acids is 1. The van der Waals surface area contributed by atoms with Gasteiger partial charge in [0.25, 0.3) is 5.91 Å². The Morgan fingerprint density at radius 3 is 2.45 bits per heavy atom. The maximum atomic E-state index is 12.4. The summed E-state index contributed by atoms with van der Waals surface area (Å²) in [6, 6.07) is 18.4. The smallest absolute Gasteiger partial charge is 0.335 e. The average molecular weight is 403 g/mol. The van der Waals surface area contributed by atoms with E-state index in [-0.39, 0.29) is 11.5 Å². The van der Waals surface area contributed by atoms with Gasteiger partial charge in [-0.05, 0) is 41.3 Å². The number of thiazole rings is 1. The van der Waals surface area contributed by atoms with Gasteiger partial charge in [-0.25, -0.2) is 14.8 Å². The van der Waals surface area contributed by atoms with Crippen molar-refractivity contribution in [2.45, 2.75) is 13.0 Å². The van der Waals surface area contributed by atoms with Crippen molar-refractivity contribution in [2.24, 2.45) is 0 Å². The van der Waals surface area contributed by atoms with Gasteiger partial charge in [0.05, 0.1) is 5.56 Å². The number of carboxylic acid groups (broad SMARTS) is 1. The predicted molar refractivity (Wildman–Crippen MR) is 111 cm³/mol. The minimum Gasteiger partial charge on any atom is -0.478 e. The highest BCUT2D eigenvalue weighted by atomic mass is 32.1. The van der Waals surface area contributed by atoms with E-state index in [9.17, 15) is 9.59 Å². The average Bonchev–Trinajstić information content (AvgIpc) is 3.17. The van der Waals surface area contributed by atoms with Crippen molar-refractivity contribution in [2.75, 3.05) is 0 Å². The van der Waals surface area contributed by atoms with Crippen LogP contribution in [0.2, 0.25) is 0 Å². The van der Waals surface area contributed by atoms with Gasteiger partial charge in [-0.1, -0.05) is 53.8 Å². The maximum Gasteiger partial charge on any atom is 0.335 e. The summed E-state index contributed by atoms with van der Waals surface area (Å²) < 4.78 is 0. The van der Waals surface area contributed by atoms with Crippen molar-refractivity contribution < 1.29 is 14.7 Å². The number of amides is 1. The van der Waals surface area contributed by atoms with E-state index in [0.717, 1.165) is 16.7 Å². The molecule has 144 valence electrons. The number of nitrogens with one attached hydrogen (secondary N) is 1. The third-order valence-electron chi connectivity index (χ3n) is 4.40. The van der Waals surface area contributed by atoms with Crippen molar-refractivity contribution in [1.82, 2.24) is 15.3 Å². The summed E-state index contributed by atoms with van der Waals surface area (Å²) in [5, 5.41) is 12.2. The van der Waals surface area contributed by atoms with Crippen LogP contribution in [0, 0.1) is 0 Å². The Morgan fingerprint density at radius 1 is 0.966 bits per heavy atom. The molecule has 0 spiro atoms. The van der Waals surface area contributed by atoms with Crippen LogP contribution in [0.4, 0.5) is 0 Å². The largest absolute Gasteiger partial charge is 0.478 e. The molecule has 0 fully saturated rings. The van der Waals surface area contributed by atoms with Gasteiger partial charge < -0.3 is 10.4 Å². The van der Waals surface area contributed by atoms with E-state index in [0.29, 0.717) is 28.3 Å². The topological polar surface area (TPSA) is 92.2 Å². The molecular formula is C22H17N3O3S. The van der Waals surface area contributed by atoms with Crippen molar-refractivity contribution in [3.05, 3.63) is 94.1 Å². The summed E-state index contributed by atoms with van der Waals surface area (Å²) in [5.41, 5.74) is 3.89. The van der Waals surface area contributed by atoms with Gasteiger partial charge in [0, 0.05) is 12.7 Å². The van der Waals surface area contributed by atoms with E-state index in [4.69, 9.17) is 5.11 Å². The molecule has 0 aliphatic heterocycles. The fourth-order valence-corrected chi connectivity index (χ4v) is 3.72. The van der Waals surface area contributed by atoms with Gasteiger partial charge in [-0.15, -0.1) is 0 Å². The summed E-state index contributed by atoms with van der Waals surface area (Å²) in [7, 11) is 0. The molecule has 0 radical (unpaired) electrons. The summed E-state index contributed by atoms with van der Waals surface area (Å²) >= 11 is 1.26. The van der Waals surface area contributed by atoms with E-state index >= 15 is 0 Å². The Kier molecular flexibility index (Phi) is 5.31. The highest BCUT2D eigenvalue weighted by Crippen LogP contribution is 2.22. The zero-order chi connectivity index (χ0) is 20.2. The molecule has 7 heteroatoms. The van der Waals surface area contributed by atoms with Crippen molar-refractivity contribution in [1.29, 1.82) is 0 Å². The molecule has 2 heterocycles. The quantitative estimate of drug-likeness (QED) is 0.509. The lowest BCUT2D eigenvalue weighted by Crippen LogP contribution is -2.22. The van der Waals surface area contributed by atoms with Crippen molar-refractivity contribution >= 4 is 33.6 Å². The fourth-order valence-electron chi connectivity index (χ4n) is 2.91. The Hall–Kier alpha value is -3.58. The van der Waals surface area contributed by atoms with Crippen LogP contribution in [0.15, 0.2) is 66.9 Å². The van der Waals surface area contributed by atoms with Gasteiger partial charge in [0.1, 0.15) is 10.3 Å². The highest BCUT2D eigenvalue weighted by molar-refractivity contribution is 7.19. The van der Waals surface area contributed by atoms with Gasteiger partial charge in [-0.2, -0.15) is 0 Å². The van der Waals surface area contributed by atoms with E-state index in [1.54, 1.807) is 30.5 Å². The monoisotopic (exact) mass is 403 g/mol. The summed E-state index contributed by atoms with van der Waals surface area (Å²) in [5.74, 6) is -1.16. The highest BCUT2D eigenvalue weighted by Gasteiger charge is 2.13. The molecule has 29 heavy (non-hydrogen) atoms. The number of nitrogens with zero attached hydrogens (tertiary/aromatic N) is 2. The Balaban J connectivity index is 1.47. The number of aromatic nitrogens is 2. The Labute approximate surface area is 170 Å². The molecule has 2 aromatic heterocycles. The van der Waals surface area contributed by atoms with Crippen LogP contribution < -0.4 is 5.32 Å². The predicted octanol–water partition coefficient (Wildman–Crippen LogP) is 3.91. The molecule has 0 aliphatic rings. The van der Waals surface area contributed by atoms with Gasteiger partial charge >= 0.3 is 5.97 Å². The lowest BCUT2D eigenvalue weighted by atomic mass is 10.0. The zero-order valence-corrected chi connectivity index (χ0v) is 16.1. The molecule has 0 atom stereocenters. The normalized spacial score (nSPS) is 10.8. The first-order valence-corrected chi connectivity index (χ1v) is 9.80. The van der Waals surface area contributed by atoms with Gasteiger partial charge in [0.15, 0.2) is 5.01 Å². The molecular weight excluding hydrogens is 386 g/mol. The van der Waals surface area contributed by atoms with Crippen LogP contribution in [0.1, 0.15) is 36.9 Å². The second kappa shape index (κ2) is 8.20. The minimum absolute atomic E-state index is 0.220. The Morgan fingerprint density at radius 2 is 1.72 bits per heavy atom. The van der Waals surface area contributed by atoms with Crippen molar-refractivity contribution in [3.8, 4) is 0 Å². The van der Waals surface area contributed by atoms with Crippen LogP contribution in [-0.4, -0.2) is 27.0 Å². The molecule has 0 unspecified atom stereocenters. The number of carboxylic acids is 1. The molecule has 4 rings (SSSR count). The molecule has 6 nitrogen and oxygen atoms in total. The minimum atomic E-state index is -0.944. The zero-order valence-electron chi connectivity index (χ0n) is 15.3. The van der Waals surface area contributed by atoms with E-state index in [2.05, 4.69) is 15.3 Å². The van der Waals surface area contributed by atoms with Gasteiger partial charge in [0.2, 0.25) is 0 Å². The van der Waals surface area contributed by atoms with E-state index in [1.807, 2.05) is 36.4 Å². The lowest BCUT2D eigenvalue weighted by Gasteiger charge is -2.02. The van der Waals surface area contributed by atoms with Crippen LogP contribution in [0.25, 0.3) is 10.3 Å². The van der Waals surface area contributed by atoms with Gasteiger partial charge in [-0.3, -0.25) is 4.79 Å². The molecule has 0 saturated carbocycles. The first kappa shape index (κ1) is 18.8. The summed E-state index contributed by atoms with van der Waals surface area (Å²) in [6.07, 6.45) is 2.37. The molecule has 1 amide bonds. The molecule has 2 N–H and O–H groups in total. The molecule has 4 aromatic rings. The number of pyridine rings is 1. The number of carbonyl (C=O) groups excluding carboxylic acids is 1. The van der Waals surface area contributed by atoms with Crippen LogP contribution in [0.5, 0.6) is 0 Å². The first-order valence-electron chi connectivity index (χ1n) is 8.98.